The van der Waals surface area contributed by atoms with Crippen LogP contribution < -0.4 is 4.89 Å². The van der Waals surface area contributed by atoms with Gasteiger partial charge in [-0.25, -0.2) is 0 Å². The molecule has 0 N–H and O–H groups in total. The Morgan fingerprint density at radius 1 is 1.07 bits per heavy atom. The highest BCUT2D eigenvalue weighted by Crippen LogP contribution is 2.40. The van der Waals surface area contributed by atoms with Crippen LogP contribution >= 0.6 is 7.82 Å². The number of phosphoric ester groups is 1. The molecule has 0 spiro atoms. The van der Waals surface area contributed by atoms with Crippen molar-refractivity contribution >= 4 is 13.7 Å². The second-order valence-electron chi connectivity index (χ2n) is 8.76. The first-order valence-corrected chi connectivity index (χ1v) is 13.4. The third-order valence-corrected chi connectivity index (χ3v) is 7.22. The van der Waals surface area contributed by atoms with Crippen LogP contribution in [0, 0.1) is 11.8 Å². The first-order valence-electron chi connectivity index (χ1n) is 12.0. The van der Waals surface area contributed by atoms with Gasteiger partial charge in [0.25, 0.3) is 7.82 Å². The van der Waals surface area contributed by atoms with Gasteiger partial charge in [0.15, 0.2) is 0 Å². The maximum atomic E-state index is 11.8. The lowest BCUT2D eigenvalue weighted by molar-refractivity contribution is -0.490. The fraction of sp³-hybridized carbons (Fsp3) is 0.957. The predicted molar refractivity (Wildman–Crippen MR) is 125 cm³/mol. The minimum Gasteiger partial charge on any atom is -0.756 e. The minimum absolute atomic E-state index is 0.253. The molecule has 1 heterocycles. The Morgan fingerprint density at radius 3 is 1.73 bits per heavy atom. The minimum atomic E-state index is -4.14. The largest absolute Gasteiger partial charge is 0.756 e. The van der Waals surface area contributed by atoms with Gasteiger partial charge in [0.2, 0.25) is 5.84 Å². The standard InChI is InChI=1S/C16H35O4P.C7H15N2/c1-5-9-11-15(7-3)13-19-21(17,18)20-14-16(8-4)12-10-6-2;1-6-5-8(3)7(2)9(6)4/h15-16H,5-14H2,1-4H3,(H,17,18);6H,5H2,1-4H3/q;+1/p-1. The zero-order chi connectivity index (χ0) is 23.2. The molecule has 0 amide bonds. The van der Waals surface area contributed by atoms with E-state index in [1.165, 1.54) is 12.4 Å². The molecule has 0 fully saturated rings. The third kappa shape index (κ3) is 12.4. The molecule has 0 saturated carbocycles. The molecule has 1 rings (SSSR count). The van der Waals surface area contributed by atoms with Gasteiger partial charge >= 0.3 is 0 Å². The summed E-state index contributed by atoms with van der Waals surface area (Å²) in [5, 5.41) is 0. The highest BCUT2D eigenvalue weighted by atomic mass is 31.2. The van der Waals surface area contributed by atoms with Crippen molar-refractivity contribution < 1.29 is 23.1 Å². The zero-order valence-corrected chi connectivity index (χ0v) is 21.9. The molecular weight excluding hydrogens is 399 g/mol. The average molecular weight is 449 g/mol. The van der Waals surface area contributed by atoms with Crippen molar-refractivity contribution in [3.8, 4) is 0 Å². The second-order valence-corrected chi connectivity index (χ2v) is 10.2. The summed E-state index contributed by atoms with van der Waals surface area (Å²) in [4.78, 5) is 14.1. The van der Waals surface area contributed by atoms with Crippen molar-refractivity contribution in [1.29, 1.82) is 0 Å². The molecular formula is C23H49N2O4P. The molecule has 0 radical (unpaired) electrons. The Labute approximate surface area is 186 Å². The van der Waals surface area contributed by atoms with Crippen LogP contribution in [0.1, 0.15) is 92.9 Å². The number of hydrogen-bond acceptors (Lipinski definition) is 5. The fourth-order valence-corrected chi connectivity index (χ4v) is 4.33. The summed E-state index contributed by atoms with van der Waals surface area (Å²) in [7, 11) is 0.136. The summed E-state index contributed by atoms with van der Waals surface area (Å²) in [5.41, 5.74) is 0. The van der Waals surface area contributed by atoms with E-state index in [-0.39, 0.29) is 13.2 Å². The first-order chi connectivity index (χ1) is 14.1. The van der Waals surface area contributed by atoms with Crippen molar-refractivity contribution in [2.75, 3.05) is 33.9 Å². The Kier molecular flexibility index (Phi) is 16.0. The van der Waals surface area contributed by atoms with Crippen molar-refractivity contribution in [2.45, 2.75) is 99.0 Å². The maximum absolute atomic E-state index is 11.8. The second kappa shape index (κ2) is 16.2. The van der Waals surface area contributed by atoms with Crippen LogP contribution in [0.15, 0.2) is 0 Å². The number of rotatable bonds is 14. The lowest BCUT2D eigenvalue weighted by Crippen LogP contribution is -2.28. The molecule has 0 aliphatic carbocycles. The van der Waals surface area contributed by atoms with Crippen molar-refractivity contribution in [3.63, 3.8) is 0 Å². The van der Waals surface area contributed by atoms with Gasteiger partial charge in [-0.3, -0.25) is 14.0 Å². The number of unbranched alkanes of at least 4 members (excludes halogenated alkanes) is 2. The Balaban J connectivity index is 0.000000769. The molecule has 0 aromatic rings. The van der Waals surface area contributed by atoms with Crippen molar-refractivity contribution in [2.24, 2.45) is 11.8 Å². The van der Waals surface area contributed by atoms with Crippen LogP contribution in [-0.2, 0) is 13.6 Å². The van der Waals surface area contributed by atoms with E-state index in [2.05, 4.69) is 65.1 Å². The van der Waals surface area contributed by atoms with Crippen LogP contribution in [0.2, 0.25) is 0 Å². The van der Waals surface area contributed by atoms with E-state index < -0.39 is 7.82 Å². The number of likely N-dealkylation sites (N-methyl/N-ethyl adjacent to an activating group) is 2. The van der Waals surface area contributed by atoms with E-state index in [1.807, 2.05) is 0 Å². The number of nitrogens with zero attached hydrogens (tertiary/aromatic N) is 2. The molecule has 6 nitrogen and oxygen atoms in total. The summed E-state index contributed by atoms with van der Waals surface area (Å²) < 4.78 is 24.2. The van der Waals surface area contributed by atoms with Gasteiger partial charge in [-0.05, 0) is 31.6 Å². The molecule has 180 valence electrons. The maximum Gasteiger partial charge on any atom is 0.267 e. The van der Waals surface area contributed by atoms with Crippen molar-refractivity contribution in [1.82, 2.24) is 4.90 Å². The van der Waals surface area contributed by atoms with Crippen LogP contribution in [0.3, 0.4) is 0 Å². The van der Waals surface area contributed by atoms with E-state index in [4.69, 9.17) is 9.05 Å². The summed E-state index contributed by atoms with van der Waals surface area (Å²) in [6, 6.07) is 0.690. The van der Waals surface area contributed by atoms with Crippen LogP contribution in [0.4, 0.5) is 0 Å². The van der Waals surface area contributed by atoms with Gasteiger partial charge in [-0.15, -0.1) is 0 Å². The summed E-state index contributed by atoms with van der Waals surface area (Å²) in [6.07, 6.45) is 8.38. The Morgan fingerprint density at radius 2 is 1.50 bits per heavy atom. The van der Waals surface area contributed by atoms with E-state index in [0.717, 1.165) is 51.4 Å². The van der Waals surface area contributed by atoms with Gasteiger partial charge in [0, 0.05) is 6.92 Å². The summed E-state index contributed by atoms with van der Waals surface area (Å²) in [6.45, 7) is 14.5. The summed E-state index contributed by atoms with van der Waals surface area (Å²) in [5.74, 6) is 1.98. The molecule has 7 heteroatoms. The molecule has 0 aromatic carbocycles. The van der Waals surface area contributed by atoms with Gasteiger partial charge in [0.1, 0.15) is 12.6 Å². The van der Waals surface area contributed by atoms with E-state index in [1.54, 1.807) is 0 Å². The zero-order valence-electron chi connectivity index (χ0n) is 21.0. The average Bonchev–Trinajstić information content (AvgIpc) is 2.94. The molecule has 0 bridgehead atoms. The Hall–Kier alpha value is -0.420. The predicted octanol–water partition coefficient (Wildman–Crippen LogP) is 5.30. The molecule has 1 aliphatic rings. The summed E-state index contributed by atoms with van der Waals surface area (Å²) >= 11 is 0. The van der Waals surface area contributed by atoms with Gasteiger partial charge in [-0.2, -0.15) is 0 Å². The monoisotopic (exact) mass is 448 g/mol. The van der Waals surface area contributed by atoms with E-state index in [9.17, 15) is 9.46 Å². The van der Waals surface area contributed by atoms with Gasteiger partial charge < -0.3 is 13.9 Å². The van der Waals surface area contributed by atoms with Crippen molar-refractivity contribution in [3.05, 3.63) is 0 Å². The van der Waals surface area contributed by atoms with Crippen LogP contribution in [-0.4, -0.2) is 55.2 Å². The highest BCUT2D eigenvalue weighted by Gasteiger charge is 2.27. The molecule has 3 atom stereocenters. The first kappa shape index (κ1) is 29.6. The number of phosphoric acid groups is 1. The lowest BCUT2D eigenvalue weighted by Gasteiger charge is -2.27. The fourth-order valence-electron chi connectivity index (χ4n) is 3.47. The SMILES string of the molecule is CC1=[N+](C)CC(C)N1C.CCCCC(CC)COP(=O)([O-])OCC(CC)CCCC. The van der Waals surface area contributed by atoms with Crippen LogP contribution in [0.5, 0.6) is 0 Å². The van der Waals surface area contributed by atoms with Crippen LogP contribution in [0.25, 0.3) is 0 Å². The van der Waals surface area contributed by atoms with E-state index in [0.29, 0.717) is 17.9 Å². The lowest BCUT2D eigenvalue weighted by atomic mass is 10.0. The molecule has 0 saturated heterocycles. The number of hydrogen-bond donors (Lipinski definition) is 0. The molecule has 0 aromatic heterocycles. The van der Waals surface area contributed by atoms with Gasteiger partial charge in [0.05, 0.1) is 27.3 Å². The molecule has 30 heavy (non-hydrogen) atoms. The van der Waals surface area contributed by atoms with E-state index >= 15 is 0 Å². The quantitative estimate of drug-likeness (QED) is 0.266. The molecule has 1 aliphatic heterocycles. The normalized spacial score (nSPS) is 20.6. The number of amidine groups is 1. The van der Waals surface area contributed by atoms with Gasteiger partial charge in [-0.1, -0.05) is 66.2 Å². The highest BCUT2D eigenvalue weighted by molar-refractivity contribution is 7.45. The molecule has 3 unspecified atom stereocenters. The Bertz CT molecular complexity index is 503. The third-order valence-electron chi connectivity index (χ3n) is 6.29. The topological polar surface area (TPSA) is 64.8 Å². The smallest absolute Gasteiger partial charge is 0.267 e.